The third kappa shape index (κ3) is 5.48. The van der Waals surface area contributed by atoms with Crippen LogP contribution in [0.2, 0.25) is 0 Å². The van der Waals surface area contributed by atoms with Crippen molar-refractivity contribution in [1.82, 2.24) is 0 Å². The number of carbonyl (C=O) groups excluding carboxylic acids is 1. The molecule has 0 aliphatic heterocycles. The van der Waals surface area contributed by atoms with Gasteiger partial charge in [-0.3, -0.25) is 10.1 Å². The lowest BCUT2D eigenvalue weighted by atomic mass is 10.3. The summed E-state index contributed by atoms with van der Waals surface area (Å²) in [5.41, 5.74) is 0.585. The average Bonchev–Trinajstić information content (AvgIpc) is 2.38. The maximum Gasteiger partial charge on any atom is 0.411 e. The van der Waals surface area contributed by atoms with Crippen molar-refractivity contribution < 1.29 is 19.4 Å². The number of nitrogens with one attached hydrogen (secondary N) is 1. The van der Waals surface area contributed by atoms with Gasteiger partial charge in [0.05, 0.1) is 0 Å². The van der Waals surface area contributed by atoms with Crippen molar-refractivity contribution in [2.75, 3.05) is 11.9 Å². The first-order valence-electron chi connectivity index (χ1n) is 5.57. The van der Waals surface area contributed by atoms with Crippen molar-refractivity contribution >= 4 is 29.5 Å². The summed E-state index contributed by atoms with van der Waals surface area (Å²) in [5, 5.41) is 10.8. The fraction of sp³-hybridized carbons (Fsp3) is 0.231. The third-order valence-electron chi connectivity index (χ3n) is 2.09. The molecule has 0 radical (unpaired) electrons. The third-order valence-corrected chi connectivity index (χ3v) is 3.19. The van der Waals surface area contributed by atoms with Gasteiger partial charge < -0.3 is 9.84 Å². The van der Waals surface area contributed by atoms with Crippen molar-refractivity contribution in [3.8, 4) is 0 Å². The van der Waals surface area contributed by atoms with Crippen LogP contribution >= 0.6 is 11.8 Å². The quantitative estimate of drug-likeness (QED) is 0.619. The van der Waals surface area contributed by atoms with Crippen LogP contribution in [-0.4, -0.2) is 29.0 Å². The summed E-state index contributed by atoms with van der Waals surface area (Å²) in [5.74, 6) is -0.861. The molecule has 1 atom stereocenters. The molecular formula is C13H15NO4S. The lowest BCUT2D eigenvalue weighted by Gasteiger charge is -2.08. The Bertz CT molecular complexity index is 458. The smallest absolute Gasteiger partial charge is 0.411 e. The van der Waals surface area contributed by atoms with Crippen LogP contribution in [0.5, 0.6) is 0 Å². The van der Waals surface area contributed by atoms with Crippen molar-refractivity contribution in [3.05, 3.63) is 36.9 Å². The predicted molar refractivity (Wildman–Crippen MR) is 74.6 cm³/mol. The summed E-state index contributed by atoms with van der Waals surface area (Å²) in [6.07, 6.45) is 0.922. The molecule has 0 aliphatic carbocycles. The molecule has 0 saturated carbocycles. The Balaban J connectivity index is 2.54. The van der Waals surface area contributed by atoms with Gasteiger partial charge >= 0.3 is 12.1 Å². The number of hydrogen-bond donors (Lipinski definition) is 2. The molecule has 5 nitrogen and oxygen atoms in total. The van der Waals surface area contributed by atoms with E-state index in [1.165, 1.54) is 17.8 Å². The fourth-order valence-corrected chi connectivity index (χ4v) is 1.96. The van der Waals surface area contributed by atoms with Crippen LogP contribution in [0.1, 0.15) is 6.92 Å². The molecule has 1 amide bonds. The minimum absolute atomic E-state index is 0.149. The van der Waals surface area contributed by atoms with E-state index in [0.29, 0.717) is 5.69 Å². The summed E-state index contributed by atoms with van der Waals surface area (Å²) in [4.78, 5) is 22.8. The topological polar surface area (TPSA) is 75.6 Å². The molecule has 19 heavy (non-hydrogen) atoms. The molecule has 1 aromatic rings. The number of aliphatic carboxylic acids is 1. The summed E-state index contributed by atoms with van der Waals surface area (Å²) in [7, 11) is 0. The molecule has 0 aliphatic rings. The number of carboxylic acids is 1. The largest absolute Gasteiger partial charge is 0.480 e. The Morgan fingerprint density at radius 3 is 2.63 bits per heavy atom. The highest BCUT2D eigenvalue weighted by Gasteiger charge is 2.12. The average molecular weight is 281 g/mol. The molecule has 2 N–H and O–H groups in total. The second-order valence-electron chi connectivity index (χ2n) is 3.63. The highest BCUT2D eigenvalue weighted by molar-refractivity contribution is 8.00. The van der Waals surface area contributed by atoms with E-state index in [1.54, 1.807) is 31.2 Å². The molecule has 0 bridgehead atoms. The van der Waals surface area contributed by atoms with Gasteiger partial charge in [0, 0.05) is 10.6 Å². The summed E-state index contributed by atoms with van der Waals surface area (Å²) in [6.45, 7) is 5.20. The van der Waals surface area contributed by atoms with Gasteiger partial charge in [-0.25, -0.2) is 4.79 Å². The second kappa shape index (κ2) is 7.48. The van der Waals surface area contributed by atoms with Crippen molar-refractivity contribution in [2.24, 2.45) is 0 Å². The van der Waals surface area contributed by atoms with Gasteiger partial charge in [0.25, 0.3) is 0 Å². The van der Waals surface area contributed by atoms with E-state index in [2.05, 4.69) is 11.9 Å². The van der Waals surface area contributed by atoms with Gasteiger partial charge in [0.15, 0.2) is 0 Å². The van der Waals surface area contributed by atoms with Crippen LogP contribution in [0, 0.1) is 0 Å². The number of anilines is 1. The molecule has 0 spiro atoms. The zero-order chi connectivity index (χ0) is 14.3. The molecular weight excluding hydrogens is 266 g/mol. The van der Waals surface area contributed by atoms with Crippen LogP contribution in [-0.2, 0) is 9.53 Å². The van der Waals surface area contributed by atoms with E-state index in [4.69, 9.17) is 9.84 Å². The van der Waals surface area contributed by atoms with E-state index >= 15 is 0 Å². The minimum Gasteiger partial charge on any atom is -0.480 e. The number of ether oxygens (including phenoxy) is 1. The van der Waals surface area contributed by atoms with Crippen molar-refractivity contribution in [1.29, 1.82) is 0 Å². The highest BCUT2D eigenvalue weighted by Crippen LogP contribution is 2.24. The Hall–Kier alpha value is -1.95. The van der Waals surface area contributed by atoms with E-state index in [9.17, 15) is 9.59 Å². The minimum atomic E-state index is -0.861. The van der Waals surface area contributed by atoms with Gasteiger partial charge in [-0.1, -0.05) is 12.7 Å². The first-order chi connectivity index (χ1) is 9.02. The van der Waals surface area contributed by atoms with Crippen LogP contribution in [0.15, 0.2) is 41.8 Å². The molecule has 0 heterocycles. The maximum atomic E-state index is 11.3. The molecule has 1 aromatic carbocycles. The van der Waals surface area contributed by atoms with Crippen LogP contribution < -0.4 is 5.32 Å². The molecule has 1 unspecified atom stereocenters. The first-order valence-corrected chi connectivity index (χ1v) is 6.45. The zero-order valence-electron chi connectivity index (χ0n) is 10.5. The fourth-order valence-electron chi connectivity index (χ4n) is 1.16. The lowest BCUT2D eigenvalue weighted by Crippen LogP contribution is -2.13. The summed E-state index contributed by atoms with van der Waals surface area (Å²) >= 11 is 1.24. The monoisotopic (exact) mass is 281 g/mol. The predicted octanol–water partition coefficient (Wildman–Crippen LogP) is 2.99. The van der Waals surface area contributed by atoms with Gasteiger partial charge in [-0.2, -0.15) is 0 Å². The number of benzene rings is 1. The van der Waals surface area contributed by atoms with Crippen LogP contribution in [0.3, 0.4) is 0 Å². The van der Waals surface area contributed by atoms with Crippen molar-refractivity contribution in [2.45, 2.75) is 17.1 Å². The normalized spacial score (nSPS) is 11.4. The van der Waals surface area contributed by atoms with Crippen LogP contribution in [0.4, 0.5) is 10.5 Å². The van der Waals surface area contributed by atoms with Gasteiger partial charge in [-0.05, 0) is 31.2 Å². The number of carboxylic acid groups (broad SMARTS) is 1. The first kappa shape index (κ1) is 15.1. The van der Waals surface area contributed by atoms with E-state index in [0.717, 1.165) is 4.90 Å². The number of carbonyl (C=O) groups is 2. The van der Waals surface area contributed by atoms with E-state index < -0.39 is 17.3 Å². The maximum absolute atomic E-state index is 11.3. The van der Waals surface area contributed by atoms with Crippen LogP contribution in [0.25, 0.3) is 0 Å². The molecule has 0 aromatic heterocycles. The Kier molecular flexibility index (Phi) is 5.95. The number of hydrogen-bond acceptors (Lipinski definition) is 4. The molecule has 6 heteroatoms. The number of rotatable bonds is 6. The second-order valence-corrected chi connectivity index (χ2v) is 5.05. The van der Waals surface area contributed by atoms with Crippen molar-refractivity contribution in [3.63, 3.8) is 0 Å². The summed E-state index contributed by atoms with van der Waals surface area (Å²) in [6, 6.07) is 6.86. The highest BCUT2D eigenvalue weighted by atomic mass is 32.2. The molecule has 0 fully saturated rings. The Morgan fingerprint density at radius 1 is 1.47 bits per heavy atom. The van der Waals surface area contributed by atoms with Gasteiger partial charge in [0.1, 0.15) is 11.9 Å². The molecule has 0 saturated heterocycles. The summed E-state index contributed by atoms with van der Waals surface area (Å²) < 4.78 is 4.77. The zero-order valence-corrected chi connectivity index (χ0v) is 11.3. The number of thioether (sulfide) groups is 1. The number of amides is 1. The standard InChI is InChI=1S/C13H15NO4S/c1-3-8-18-13(17)14-10-4-6-11(7-5-10)19-9(2)12(15)16/h3-7,9H,1,8H2,2H3,(H,14,17)(H,15,16). The SMILES string of the molecule is C=CCOC(=O)Nc1ccc(SC(C)C(=O)O)cc1. The van der Waals surface area contributed by atoms with Gasteiger partial charge in [-0.15, -0.1) is 11.8 Å². The molecule has 1 rings (SSSR count). The Morgan fingerprint density at radius 2 is 2.11 bits per heavy atom. The van der Waals surface area contributed by atoms with Gasteiger partial charge in [0.2, 0.25) is 0 Å². The van der Waals surface area contributed by atoms with E-state index in [1.807, 2.05) is 0 Å². The molecule has 102 valence electrons. The van der Waals surface area contributed by atoms with E-state index in [-0.39, 0.29) is 6.61 Å². The Labute approximate surface area is 115 Å². The lowest BCUT2D eigenvalue weighted by molar-refractivity contribution is -0.136.